The van der Waals surface area contributed by atoms with Gasteiger partial charge in [0.15, 0.2) is 0 Å². The summed E-state index contributed by atoms with van der Waals surface area (Å²) in [7, 11) is 1.86. The lowest BCUT2D eigenvalue weighted by Crippen LogP contribution is -2.32. The molecule has 0 bridgehead atoms. The number of aliphatic hydroxyl groups excluding tert-OH is 1. The van der Waals surface area contributed by atoms with Crippen LogP contribution in [0.15, 0.2) is 30.5 Å². The van der Waals surface area contributed by atoms with E-state index in [9.17, 15) is 9.90 Å². The topological polar surface area (TPSA) is 58.4 Å². The van der Waals surface area contributed by atoms with Crippen LogP contribution in [0.25, 0.3) is 21.8 Å². The van der Waals surface area contributed by atoms with Crippen LogP contribution in [-0.2, 0) is 13.0 Å². The molecule has 0 spiro atoms. The van der Waals surface area contributed by atoms with E-state index in [0.29, 0.717) is 6.54 Å². The smallest absolute Gasteiger partial charge is 0.270 e. The molecule has 1 aliphatic heterocycles. The predicted octanol–water partition coefficient (Wildman–Crippen LogP) is 2.59. The highest BCUT2D eigenvalue weighted by Gasteiger charge is 2.27. The van der Waals surface area contributed by atoms with Gasteiger partial charge in [0.25, 0.3) is 5.91 Å². The summed E-state index contributed by atoms with van der Waals surface area (Å²) in [6.07, 6.45) is 4.74. The first-order chi connectivity index (χ1) is 11.7. The van der Waals surface area contributed by atoms with Gasteiger partial charge < -0.3 is 14.6 Å². The van der Waals surface area contributed by atoms with Crippen LogP contribution in [-0.4, -0.2) is 45.7 Å². The first-order valence-electron chi connectivity index (χ1n) is 8.47. The zero-order chi connectivity index (χ0) is 16.7. The van der Waals surface area contributed by atoms with Gasteiger partial charge in [0, 0.05) is 37.1 Å². The number of hydrogen-bond acceptors (Lipinski definition) is 3. The van der Waals surface area contributed by atoms with E-state index in [-0.39, 0.29) is 12.5 Å². The molecule has 0 saturated heterocycles. The van der Waals surface area contributed by atoms with Crippen LogP contribution in [0.5, 0.6) is 0 Å². The minimum atomic E-state index is -0.00354. The van der Waals surface area contributed by atoms with Gasteiger partial charge in [-0.2, -0.15) is 0 Å². The average molecular weight is 323 g/mol. The number of aliphatic hydroxyl groups is 1. The molecular weight excluding hydrogens is 302 g/mol. The van der Waals surface area contributed by atoms with Crippen molar-refractivity contribution in [1.29, 1.82) is 0 Å². The number of hydrogen-bond donors (Lipinski definition) is 1. The second-order valence-corrected chi connectivity index (χ2v) is 6.42. The largest absolute Gasteiger partial charge is 0.395 e. The summed E-state index contributed by atoms with van der Waals surface area (Å²) in [6.45, 7) is 1.18. The molecule has 124 valence electrons. The second kappa shape index (κ2) is 5.91. The van der Waals surface area contributed by atoms with Crippen molar-refractivity contribution in [2.75, 3.05) is 20.2 Å². The number of benzene rings is 1. The average Bonchev–Trinajstić information content (AvgIpc) is 2.90. The number of carbonyl (C=O) groups excluding carboxylic acids is 1. The lowest BCUT2D eigenvalue weighted by molar-refractivity contribution is 0.0776. The lowest BCUT2D eigenvalue weighted by Gasteiger charge is -2.22. The predicted molar refractivity (Wildman–Crippen MR) is 94.2 cm³/mol. The Labute approximate surface area is 140 Å². The van der Waals surface area contributed by atoms with E-state index in [2.05, 4.69) is 17.1 Å². The Hall–Kier alpha value is -2.40. The summed E-state index contributed by atoms with van der Waals surface area (Å²) in [6, 6.07) is 8.12. The van der Waals surface area contributed by atoms with Gasteiger partial charge in [-0.3, -0.25) is 9.78 Å². The van der Waals surface area contributed by atoms with Crippen LogP contribution >= 0.6 is 0 Å². The molecule has 0 fully saturated rings. The number of amides is 1. The van der Waals surface area contributed by atoms with E-state index in [0.717, 1.165) is 58.9 Å². The zero-order valence-corrected chi connectivity index (χ0v) is 13.8. The van der Waals surface area contributed by atoms with Gasteiger partial charge in [-0.15, -0.1) is 0 Å². The summed E-state index contributed by atoms with van der Waals surface area (Å²) in [5, 5.41) is 11.7. The number of nitrogens with zero attached hydrogens (tertiary/aromatic N) is 3. The normalized spacial score (nSPS) is 15.6. The number of rotatable bonds is 2. The van der Waals surface area contributed by atoms with E-state index in [1.165, 1.54) is 0 Å². The fourth-order valence-electron chi connectivity index (χ4n) is 3.80. The third-order valence-corrected chi connectivity index (χ3v) is 4.94. The van der Waals surface area contributed by atoms with Crippen molar-refractivity contribution in [3.8, 4) is 0 Å². The zero-order valence-electron chi connectivity index (χ0n) is 13.8. The van der Waals surface area contributed by atoms with E-state index in [1.807, 2.05) is 23.7 Å². The van der Waals surface area contributed by atoms with Crippen LogP contribution in [0.4, 0.5) is 0 Å². The quantitative estimate of drug-likeness (QED) is 0.788. The molecule has 3 heterocycles. The summed E-state index contributed by atoms with van der Waals surface area (Å²) in [4.78, 5) is 19.3. The number of carbonyl (C=O) groups is 1. The van der Waals surface area contributed by atoms with Crippen molar-refractivity contribution in [3.05, 3.63) is 41.7 Å². The molecule has 0 atom stereocenters. The van der Waals surface area contributed by atoms with Crippen LogP contribution in [0.2, 0.25) is 0 Å². The van der Waals surface area contributed by atoms with Gasteiger partial charge in [-0.05, 0) is 30.9 Å². The molecule has 0 saturated carbocycles. The number of pyridine rings is 1. The van der Waals surface area contributed by atoms with Gasteiger partial charge >= 0.3 is 0 Å². The van der Waals surface area contributed by atoms with Crippen LogP contribution in [0.1, 0.15) is 28.9 Å². The van der Waals surface area contributed by atoms with Crippen molar-refractivity contribution < 1.29 is 9.90 Å². The van der Waals surface area contributed by atoms with E-state index < -0.39 is 0 Å². The minimum Gasteiger partial charge on any atom is -0.395 e. The van der Waals surface area contributed by atoms with Crippen molar-refractivity contribution >= 4 is 27.7 Å². The van der Waals surface area contributed by atoms with Crippen LogP contribution in [0, 0.1) is 0 Å². The Morgan fingerprint density at radius 3 is 2.96 bits per heavy atom. The fourth-order valence-corrected chi connectivity index (χ4v) is 3.80. The summed E-state index contributed by atoms with van der Waals surface area (Å²) in [5.41, 5.74) is 3.68. The number of aromatic nitrogens is 2. The van der Waals surface area contributed by atoms with Gasteiger partial charge in [-0.25, -0.2) is 0 Å². The van der Waals surface area contributed by atoms with Gasteiger partial charge in [0.1, 0.15) is 5.69 Å². The molecule has 1 N–H and O–H groups in total. The molecule has 3 aromatic rings. The summed E-state index contributed by atoms with van der Waals surface area (Å²) in [5.74, 6) is 0.0402. The molecule has 0 aliphatic carbocycles. The second-order valence-electron chi connectivity index (χ2n) is 6.42. The molecule has 5 nitrogen and oxygen atoms in total. The molecule has 2 aromatic heterocycles. The van der Waals surface area contributed by atoms with Crippen LogP contribution < -0.4 is 0 Å². The Bertz CT molecular complexity index is 929. The molecule has 24 heavy (non-hydrogen) atoms. The highest BCUT2D eigenvalue weighted by Crippen LogP contribution is 2.34. The summed E-state index contributed by atoms with van der Waals surface area (Å²) < 4.78 is 1.98. The number of fused-ring (bicyclic) bond motifs is 5. The van der Waals surface area contributed by atoms with Crippen molar-refractivity contribution in [2.24, 2.45) is 0 Å². The maximum absolute atomic E-state index is 13.0. The molecular formula is C19H21N3O2. The van der Waals surface area contributed by atoms with E-state index in [4.69, 9.17) is 0 Å². The third kappa shape index (κ3) is 2.19. The molecule has 4 rings (SSSR count). The van der Waals surface area contributed by atoms with E-state index >= 15 is 0 Å². The lowest BCUT2D eigenvalue weighted by atomic mass is 10.0. The molecule has 5 heteroatoms. The fraction of sp³-hybridized carbons (Fsp3) is 0.368. The molecule has 0 radical (unpaired) electrons. The third-order valence-electron chi connectivity index (χ3n) is 4.94. The van der Waals surface area contributed by atoms with Gasteiger partial charge in [-0.1, -0.05) is 18.2 Å². The molecule has 1 aliphatic rings. The van der Waals surface area contributed by atoms with Crippen molar-refractivity contribution in [1.82, 2.24) is 14.5 Å². The van der Waals surface area contributed by atoms with Gasteiger partial charge in [0.05, 0.1) is 17.6 Å². The Morgan fingerprint density at radius 1 is 1.25 bits per heavy atom. The number of aryl methyl sites for hydroxylation is 1. The molecule has 1 amide bonds. The SMILES string of the molecule is CN1CCCCc2c(n(CCO)c3c2ccc2cccnc23)C1=O. The first-order valence-corrected chi connectivity index (χ1v) is 8.47. The standard InChI is InChI=1S/C19H21N3O2/c1-21-10-3-2-6-14-15-8-7-13-5-4-9-20-16(13)17(15)22(11-12-23)18(14)19(21)24/h4-5,7-9,23H,2-3,6,10-12H2,1H3. The van der Waals surface area contributed by atoms with E-state index in [1.54, 1.807) is 11.1 Å². The Balaban J connectivity index is 2.13. The molecule has 0 unspecified atom stereocenters. The van der Waals surface area contributed by atoms with Crippen molar-refractivity contribution in [2.45, 2.75) is 25.8 Å². The first kappa shape index (κ1) is 15.1. The highest BCUT2D eigenvalue weighted by molar-refractivity contribution is 6.10. The van der Waals surface area contributed by atoms with Crippen molar-refractivity contribution in [3.63, 3.8) is 0 Å². The maximum atomic E-state index is 13.0. The minimum absolute atomic E-state index is 0.00354. The monoisotopic (exact) mass is 323 g/mol. The Kier molecular flexibility index (Phi) is 3.73. The van der Waals surface area contributed by atoms with Crippen LogP contribution in [0.3, 0.4) is 0 Å². The Morgan fingerprint density at radius 2 is 2.12 bits per heavy atom. The summed E-state index contributed by atoms with van der Waals surface area (Å²) >= 11 is 0. The maximum Gasteiger partial charge on any atom is 0.270 e. The molecule has 1 aromatic carbocycles. The highest BCUT2D eigenvalue weighted by atomic mass is 16.3. The van der Waals surface area contributed by atoms with Gasteiger partial charge in [0.2, 0.25) is 0 Å².